The van der Waals surface area contributed by atoms with Crippen molar-refractivity contribution in [2.75, 3.05) is 33.7 Å². The van der Waals surface area contributed by atoms with Crippen LogP contribution in [0.1, 0.15) is 38.5 Å². The Kier molecular flexibility index (Phi) is 5.28. The molecule has 2 fully saturated rings. The van der Waals surface area contributed by atoms with Gasteiger partial charge in [0.1, 0.15) is 6.79 Å². The molecule has 2 N–H and O–H groups in total. The van der Waals surface area contributed by atoms with Gasteiger partial charge in [-0.2, -0.15) is 0 Å². The van der Waals surface area contributed by atoms with Crippen molar-refractivity contribution >= 4 is 0 Å². The molecule has 26 heavy (non-hydrogen) atoms. The lowest BCUT2D eigenvalue weighted by Crippen LogP contribution is -2.49. The third-order valence-electron chi connectivity index (χ3n) is 7.50. The minimum Gasteiger partial charge on any atom is -0.396 e. The highest BCUT2D eigenvalue weighted by Crippen LogP contribution is 2.73. The molecule has 5 heteroatoms. The van der Waals surface area contributed by atoms with Crippen molar-refractivity contribution < 1.29 is 24.4 Å². The maximum atomic E-state index is 10.8. The molecule has 4 aliphatic rings. The second-order valence-electron chi connectivity index (χ2n) is 8.37. The van der Waals surface area contributed by atoms with E-state index in [1.54, 1.807) is 7.11 Å². The molecule has 146 valence electrons. The summed E-state index contributed by atoms with van der Waals surface area (Å²) in [5, 5.41) is 20.6. The van der Waals surface area contributed by atoms with Gasteiger partial charge in [-0.1, -0.05) is 18.2 Å². The summed E-state index contributed by atoms with van der Waals surface area (Å²) < 4.78 is 16.9. The SMILES string of the molecule is COCOCCO[C@H]1[C@@H]2C=CC[C@H]3[C@@]2(CCO)CC=C2[C@@H](O)CCC[C@@]213. The largest absolute Gasteiger partial charge is 0.396 e. The molecular weight excluding hydrogens is 332 g/mol. The number of hydrogen-bond acceptors (Lipinski definition) is 5. The molecular formula is C21H32O5. The summed E-state index contributed by atoms with van der Waals surface area (Å²) in [6.45, 7) is 1.54. The van der Waals surface area contributed by atoms with E-state index in [4.69, 9.17) is 14.2 Å². The van der Waals surface area contributed by atoms with Crippen LogP contribution >= 0.6 is 0 Å². The molecule has 0 amide bonds. The van der Waals surface area contributed by atoms with Crippen LogP contribution in [0.5, 0.6) is 0 Å². The minimum atomic E-state index is -0.342. The molecule has 6 atom stereocenters. The molecule has 0 aromatic carbocycles. The third kappa shape index (κ3) is 2.55. The van der Waals surface area contributed by atoms with Crippen molar-refractivity contribution in [3.05, 3.63) is 23.8 Å². The molecule has 0 aromatic rings. The molecule has 4 bridgehead atoms. The van der Waals surface area contributed by atoms with Crippen molar-refractivity contribution in [3.63, 3.8) is 0 Å². The van der Waals surface area contributed by atoms with E-state index in [2.05, 4.69) is 18.2 Å². The average molecular weight is 364 g/mol. The summed E-state index contributed by atoms with van der Waals surface area (Å²) in [6.07, 6.45) is 12.4. The maximum absolute atomic E-state index is 10.8. The van der Waals surface area contributed by atoms with Gasteiger partial charge in [-0.15, -0.1) is 0 Å². The fourth-order valence-electron chi connectivity index (χ4n) is 6.73. The third-order valence-corrected chi connectivity index (χ3v) is 7.50. The van der Waals surface area contributed by atoms with E-state index in [-0.39, 0.29) is 36.4 Å². The monoisotopic (exact) mass is 364 g/mol. The fraction of sp³-hybridized carbons (Fsp3) is 0.810. The van der Waals surface area contributed by atoms with Crippen molar-refractivity contribution in [1.29, 1.82) is 0 Å². The Labute approximate surface area is 156 Å². The molecule has 0 aliphatic heterocycles. The summed E-state index contributed by atoms with van der Waals surface area (Å²) in [7, 11) is 1.62. The molecule has 0 aromatic heterocycles. The lowest BCUT2D eigenvalue weighted by molar-refractivity contribution is -0.0924. The van der Waals surface area contributed by atoms with Crippen LogP contribution in [-0.2, 0) is 14.2 Å². The van der Waals surface area contributed by atoms with Crippen LogP contribution in [0.15, 0.2) is 23.8 Å². The summed E-state index contributed by atoms with van der Waals surface area (Å²) in [6, 6.07) is 0. The smallest absolute Gasteiger partial charge is 0.146 e. The second-order valence-corrected chi connectivity index (χ2v) is 8.37. The fourth-order valence-corrected chi connectivity index (χ4v) is 6.73. The number of aliphatic hydroxyl groups excluding tert-OH is 2. The first kappa shape index (κ1) is 18.6. The Morgan fingerprint density at radius 2 is 2.19 bits per heavy atom. The van der Waals surface area contributed by atoms with E-state index in [1.807, 2.05) is 0 Å². The predicted octanol–water partition coefficient (Wildman–Crippen LogP) is 2.43. The number of allylic oxidation sites excluding steroid dienone is 2. The van der Waals surface area contributed by atoms with Crippen molar-refractivity contribution in [2.45, 2.75) is 50.7 Å². The Morgan fingerprint density at radius 1 is 1.31 bits per heavy atom. The molecule has 4 rings (SSSR count). The van der Waals surface area contributed by atoms with Gasteiger partial charge in [-0.25, -0.2) is 0 Å². The minimum absolute atomic E-state index is 0.0626. The topological polar surface area (TPSA) is 68.2 Å². The zero-order chi connectivity index (χ0) is 18.2. The van der Waals surface area contributed by atoms with Crippen LogP contribution in [0.25, 0.3) is 0 Å². The summed E-state index contributed by atoms with van der Waals surface area (Å²) in [4.78, 5) is 0. The quantitative estimate of drug-likeness (QED) is 0.393. The van der Waals surface area contributed by atoms with Gasteiger partial charge in [0.25, 0.3) is 0 Å². The highest BCUT2D eigenvalue weighted by Gasteiger charge is 2.70. The number of hydrogen-bond donors (Lipinski definition) is 2. The lowest BCUT2D eigenvalue weighted by atomic mass is 9.52. The molecule has 0 heterocycles. The van der Waals surface area contributed by atoms with E-state index >= 15 is 0 Å². The van der Waals surface area contributed by atoms with Crippen LogP contribution in [0.3, 0.4) is 0 Å². The maximum Gasteiger partial charge on any atom is 0.146 e. The van der Waals surface area contributed by atoms with Gasteiger partial charge in [0.2, 0.25) is 0 Å². The average Bonchev–Trinajstić information content (AvgIpc) is 2.76. The van der Waals surface area contributed by atoms with Gasteiger partial charge in [-0.3, -0.25) is 0 Å². The number of methoxy groups -OCH3 is 1. The molecule has 4 aliphatic carbocycles. The van der Waals surface area contributed by atoms with Crippen LogP contribution in [-0.4, -0.2) is 56.1 Å². The second kappa shape index (κ2) is 7.36. The molecule has 1 spiro atoms. The molecule has 0 unspecified atom stereocenters. The van der Waals surface area contributed by atoms with Crippen LogP contribution < -0.4 is 0 Å². The van der Waals surface area contributed by atoms with E-state index in [0.29, 0.717) is 25.0 Å². The standard InChI is InChI=1S/C21H32O5/c1-24-14-25-12-13-26-19-16-4-2-6-18-20(16,10-11-22)9-7-15-17(23)5-3-8-21(15,18)19/h2,4,7,16-19,22-23H,3,5-6,8-14H2,1H3/t16-,17-,18-,19-,20+,21-/m0/s1. The van der Waals surface area contributed by atoms with Crippen LogP contribution in [0.2, 0.25) is 0 Å². The van der Waals surface area contributed by atoms with Crippen molar-refractivity contribution in [1.82, 2.24) is 0 Å². The zero-order valence-corrected chi connectivity index (χ0v) is 15.7. The van der Waals surface area contributed by atoms with Gasteiger partial charge >= 0.3 is 0 Å². The Hall–Kier alpha value is -0.720. The number of ether oxygens (including phenoxy) is 3. The van der Waals surface area contributed by atoms with Gasteiger partial charge < -0.3 is 24.4 Å². The first-order chi connectivity index (χ1) is 12.7. The highest BCUT2D eigenvalue weighted by molar-refractivity contribution is 5.39. The lowest BCUT2D eigenvalue weighted by Gasteiger charge is -2.52. The van der Waals surface area contributed by atoms with Crippen molar-refractivity contribution in [3.8, 4) is 0 Å². The summed E-state index contributed by atoms with van der Waals surface area (Å²) in [5.41, 5.74) is 1.21. The van der Waals surface area contributed by atoms with Gasteiger partial charge in [0, 0.05) is 25.0 Å². The number of rotatable bonds is 8. The van der Waals surface area contributed by atoms with Gasteiger partial charge in [0.05, 0.1) is 25.4 Å². The summed E-state index contributed by atoms with van der Waals surface area (Å²) in [5.74, 6) is 0.756. The Bertz CT molecular complexity index is 573. The first-order valence-corrected chi connectivity index (χ1v) is 10.0. The summed E-state index contributed by atoms with van der Waals surface area (Å²) >= 11 is 0. The highest BCUT2D eigenvalue weighted by atomic mass is 16.7. The van der Waals surface area contributed by atoms with Crippen molar-refractivity contribution in [2.24, 2.45) is 22.7 Å². The van der Waals surface area contributed by atoms with E-state index < -0.39 is 0 Å². The normalized spacial score (nSPS) is 43.3. The number of aliphatic hydroxyl groups is 2. The van der Waals surface area contributed by atoms with E-state index in [0.717, 1.165) is 38.5 Å². The van der Waals surface area contributed by atoms with Crippen LogP contribution in [0, 0.1) is 22.7 Å². The molecule has 0 saturated heterocycles. The first-order valence-electron chi connectivity index (χ1n) is 10.0. The molecule has 0 radical (unpaired) electrons. The zero-order valence-electron chi connectivity index (χ0n) is 15.7. The molecule has 5 nitrogen and oxygen atoms in total. The van der Waals surface area contributed by atoms with Gasteiger partial charge in [-0.05, 0) is 55.4 Å². The van der Waals surface area contributed by atoms with Crippen LogP contribution in [0.4, 0.5) is 0 Å². The molecule has 2 saturated carbocycles. The van der Waals surface area contributed by atoms with Gasteiger partial charge in [0.15, 0.2) is 0 Å². The van der Waals surface area contributed by atoms with E-state index in [9.17, 15) is 10.2 Å². The predicted molar refractivity (Wildman–Crippen MR) is 97.4 cm³/mol. The Balaban J connectivity index is 1.66. The Morgan fingerprint density at radius 3 is 3.00 bits per heavy atom. The van der Waals surface area contributed by atoms with E-state index in [1.165, 1.54) is 5.57 Å².